The van der Waals surface area contributed by atoms with Crippen molar-refractivity contribution in [3.05, 3.63) is 53.6 Å². The molecule has 1 atom stereocenters. The van der Waals surface area contributed by atoms with E-state index >= 15 is 0 Å². The third kappa shape index (κ3) is 6.58. The highest BCUT2D eigenvalue weighted by atomic mass is 19.4. The summed E-state index contributed by atoms with van der Waals surface area (Å²) in [5.41, 5.74) is 2.23. The smallest absolute Gasteiger partial charge is 0.493 e. The number of methoxy groups -OCH3 is 1. The summed E-state index contributed by atoms with van der Waals surface area (Å²) in [5, 5.41) is 8.29. The van der Waals surface area contributed by atoms with Gasteiger partial charge in [-0.25, -0.2) is 5.01 Å². The number of hydrogen-bond acceptors (Lipinski definition) is 6. The normalized spacial score (nSPS) is 15.9. The van der Waals surface area contributed by atoms with Crippen LogP contribution in [0.3, 0.4) is 0 Å². The predicted octanol–water partition coefficient (Wildman–Crippen LogP) is 4.28. The topological polar surface area (TPSA) is 97.3 Å². The molecule has 11 heteroatoms. The number of Topliss-reactive ketones (excluding diaryl/α,β-unsaturated/α-hetero) is 1. The van der Waals surface area contributed by atoms with Crippen LogP contribution >= 0.6 is 0 Å². The zero-order valence-electron chi connectivity index (χ0n) is 19.3. The number of ether oxygens (including phenoxy) is 2. The second kappa shape index (κ2) is 10.6. The van der Waals surface area contributed by atoms with Crippen LogP contribution in [0.2, 0.25) is 0 Å². The number of rotatable bonds is 8. The standard InChI is InChI=1S/C24H24F3N3O5/c1-4-16-12-21(32)30(13-15-5-8-18(9-6-15)28-23(33)14(2)31)29-22(16)17-7-10-19(20(11-17)34-3)35-24(25,26)27/h5-11,16H,4,12-13H2,1-3H3,(H,28,33). The summed E-state index contributed by atoms with van der Waals surface area (Å²) in [4.78, 5) is 35.3. The van der Waals surface area contributed by atoms with Crippen LogP contribution in [0.4, 0.5) is 18.9 Å². The fourth-order valence-electron chi connectivity index (χ4n) is 3.56. The van der Waals surface area contributed by atoms with Crippen LogP contribution in [0.1, 0.15) is 37.8 Å². The third-order valence-electron chi connectivity index (χ3n) is 5.37. The lowest BCUT2D eigenvalue weighted by atomic mass is 9.89. The summed E-state index contributed by atoms with van der Waals surface area (Å²) in [5.74, 6) is -2.34. The van der Waals surface area contributed by atoms with E-state index in [9.17, 15) is 27.6 Å². The van der Waals surface area contributed by atoms with Crippen LogP contribution in [0.15, 0.2) is 47.6 Å². The Hall–Kier alpha value is -3.89. The average Bonchev–Trinajstić information content (AvgIpc) is 2.80. The molecule has 1 unspecified atom stereocenters. The van der Waals surface area contributed by atoms with E-state index in [0.29, 0.717) is 23.4 Å². The molecule has 2 aromatic carbocycles. The van der Waals surface area contributed by atoms with E-state index in [1.54, 1.807) is 24.3 Å². The van der Waals surface area contributed by atoms with Gasteiger partial charge in [0.1, 0.15) is 0 Å². The van der Waals surface area contributed by atoms with Crippen molar-refractivity contribution < 1.29 is 37.0 Å². The monoisotopic (exact) mass is 491 g/mol. The maximum absolute atomic E-state index is 12.7. The molecular formula is C24H24F3N3O5. The van der Waals surface area contributed by atoms with Crippen LogP contribution in [-0.4, -0.2) is 41.8 Å². The quantitative estimate of drug-likeness (QED) is 0.556. The minimum atomic E-state index is -4.86. The first-order valence-electron chi connectivity index (χ1n) is 10.7. The van der Waals surface area contributed by atoms with Crippen LogP contribution in [0.5, 0.6) is 11.5 Å². The Morgan fingerprint density at radius 1 is 1.14 bits per heavy atom. The minimum Gasteiger partial charge on any atom is -0.493 e. The Bertz CT molecular complexity index is 1150. The van der Waals surface area contributed by atoms with Gasteiger partial charge in [0.15, 0.2) is 11.5 Å². The number of ketones is 1. The van der Waals surface area contributed by atoms with Gasteiger partial charge in [-0.3, -0.25) is 14.4 Å². The molecule has 1 heterocycles. The Balaban J connectivity index is 1.85. The van der Waals surface area contributed by atoms with Crippen LogP contribution in [0.25, 0.3) is 0 Å². The second-order valence-corrected chi connectivity index (χ2v) is 7.87. The first kappa shape index (κ1) is 25.7. The van der Waals surface area contributed by atoms with Crippen molar-refractivity contribution in [3.63, 3.8) is 0 Å². The molecule has 0 fully saturated rings. The number of nitrogens with one attached hydrogen (secondary N) is 1. The average molecular weight is 491 g/mol. The van der Waals surface area contributed by atoms with E-state index in [1.165, 1.54) is 24.3 Å². The molecule has 1 N–H and O–H groups in total. The van der Waals surface area contributed by atoms with Crippen molar-refractivity contribution in [1.29, 1.82) is 0 Å². The maximum Gasteiger partial charge on any atom is 0.573 e. The van der Waals surface area contributed by atoms with E-state index in [0.717, 1.165) is 18.6 Å². The van der Waals surface area contributed by atoms with E-state index in [4.69, 9.17) is 4.74 Å². The van der Waals surface area contributed by atoms with Crippen molar-refractivity contribution in [2.24, 2.45) is 11.0 Å². The first-order chi connectivity index (χ1) is 16.5. The van der Waals surface area contributed by atoms with Gasteiger partial charge in [0, 0.05) is 30.5 Å². The zero-order chi connectivity index (χ0) is 25.8. The van der Waals surface area contributed by atoms with Crippen LogP contribution < -0.4 is 14.8 Å². The summed E-state index contributed by atoms with van der Waals surface area (Å²) in [6.45, 7) is 3.21. The molecule has 0 spiro atoms. The lowest BCUT2D eigenvalue weighted by molar-refractivity contribution is -0.275. The molecule has 8 nitrogen and oxygen atoms in total. The SMILES string of the molecule is CCC1CC(=O)N(Cc2ccc(NC(=O)C(C)=O)cc2)N=C1c1ccc(OC(F)(F)F)c(OC)c1. The summed E-state index contributed by atoms with van der Waals surface area (Å²) in [7, 11) is 1.24. The Kier molecular flexibility index (Phi) is 7.78. The van der Waals surface area contributed by atoms with Gasteiger partial charge in [0.25, 0.3) is 5.91 Å². The number of alkyl halides is 3. The number of halogens is 3. The van der Waals surface area contributed by atoms with E-state index < -0.39 is 23.8 Å². The fourth-order valence-corrected chi connectivity index (χ4v) is 3.56. The molecule has 1 aliphatic heterocycles. The minimum absolute atomic E-state index is 0.107. The van der Waals surface area contributed by atoms with E-state index in [1.807, 2.05) is 6.92 Å². The maximum atomic E-state index is 12.7. The van der Waals surface area contributed by atoms with Crippen molar-refractivity contribution in [2.75, 3.05) is 12.4 Å². The number of carbonyl (C=O) groups is 3. The van der Waals surface area contributed by atoms with Crippen molar-refractivity contribution in [3.8, 4) is 11.5 Å². The van der Waals surface area contributed by atoms with E-state index in [2.05, 4.69) is 15.2 Å². The molecule has 0 bridgehead atoms. The number of amides is 2. The van der Waals surface area contributed by atoms with Gasteiger partial charge < -0.3 is 14.8 Å². The summed E-state index contributed by atoms with van der Waals surface area (Å²) in [6.07, 6.45) is -4.08. The Morgan fingerprint density at radius 2 is 1.83 bits per heavy atom. The van der Waals surface area contributed by atoms with Gasteiger partial charge in [0.2, 0.25) is 11.7 Å². The molecule has 2 amide bonds. The largest absolute Gasteiger partial charge is 0.573 e. The number of benzene rings is 2. The number of anilines is 1. The zero-order valence-corrected chi connectivity index (χ0v) is 19.3. The Labute approximate surface area is 199 Å². The highest BCUT2D eigenvalue weighted by Gasteiger charge is 2.34. The highest BCUT2D eigenvalue weighted by molar-refractivity contribution is 6.39. The van der Waals surface area contributed by atoms with Gasteiger partial charge >= 0.3 is 6.36 Å². The molecule has 0 saturated carbocycles. The summed E-state index contributed by atoms with van der Waals surface area (Å²) < 4.78 is 47.1. The molecule has 186 valence electrons. The third-order valence-corrected chi connectivity index (χ3v) is 5.37. The van der Waals surface area contributed by atoms with Crippen molar-refractivity contribution >= 4 is 29.0 Å². The van der Waals surface area contributed by atoms with Gasteiger partial charge in [-0.05, 0) is 42.3 Å². The highest BCUT2D eigenvalue weighted by Crippen LogP contribution is 2.35. The molecule has 35 heavy (non-hydrogen) atoms. The molecule has 3 rings (SSSR count). The summed E-state index contributed by atoms with van der Waals surface area (Å²) in [6, 6.07) is 10.6. The summed E-state index contributed by atoms with van der Waals surface area (Å²) >= 11 is 0. The van der Waals surface area contributed by atoms with Crippen molar-refractivity contribution in [1.82, 2.24) is 5.01 Å². The fraction of sp³-hybridized carbons (Fsp3) is 0.333. The van der Waals surface area contributed by atoms with Gasteiger partial charge in [-0.2, -0.15) is 5.10 Å². The molecule has 0 aliphatic carbocycles. The lowest BCUT2D eigenvalue weighted by Gasteiger charge is -2.29. The Morgan fingerprint density at radius 3 is 2.40 bits per heavy atom. The molecule has 1 aliphatic rings. The molecule has 2 aromatic rings. The lowest BCUT2D eigenvalue weighted by Crippen LogP contribution is -2.36. The van der Waals surface area contributed by atoms with Gasteiger partial charge in [-0.1, -0.05) is 19.1 Å². The molecular weight excluding hydrogens is 467 g/mol. The van der Waals surface area contributed by atoms with Gasteiger partial charge in [0.05, 0.1) is 19.4 Å². The van der Waals surface area contributed by atoms with Gasteiger partial charge in [-0.15, -0.1) is 13.2 Å². The van der Waals surface area contributed by atoms with Crippen LogP contribution in [0, 0.1) is 5.92 Å². The second-order valence-electron chi connectivity index (χ2n) is 7.87. The number of hydrazone groups is 1. The first-order valence-corrected chi connectivity index (χ1v) is 10.7. The number of hydrogen-bond donors (Lipinski definition) is 1. The number of nitrogens with zero attached hydrogens (tertiary/aromatic N) is 2. The van der Waals surface area contributed by atoms with E-state index in [-0.39, 0.29) is 30.5 Å². The molecule has 0 aromatic heterocycles. The van der Waals surface area contributed by atoms with Crippen molar-refractivity contribution in [2.45, 2.75) is 39.6 Å². The predicted molar refractivity (Wildman–Crippen MR) is 121 cm³/mol. The number of carbonyl (C=O) groups excluding carboxylic acids is 3. The van der Waals surface area contributed by atoms with Crippen LogP contribution in [-0.2, 0) is 20.9 Å². The molecule has 0 saturated heterocycles. The molecule has 0 radical (unpaired) electrons.